The van der Waals surface area contributed by atoms with E-state index in [4.69, 9.17) is 11.6 Å². The summed E-state index contributed by atoms with van der Waals surface area (Å²) in [4.78, 5) is 13.1. The monoisotopic (exact) mass is 223 g/mol. The molecular formula is C12H14ClNO. The fraction of sp³-hybridized carbons (Fsp3) is 0.417. The highest BCUT2D eigenvalue weighted by Crippen LogP contribution is 2.30. The Kier molecular flexibility index (Phi) is 3.08. The summed E-state index contributed by atoms with van der Waals surface area (Å²) < 4.78 is 0. The maximum atomic E-state index is 10.8. The van der Waals surface area contributed by atoms with Crippen LogP contribution in [-0.2, 0) is 11.3 Å². The Morgan fingerprint density at radius 1 is 1.33 bits per heavy atom. The minimum atomic E-state index is -0.281. The molecule has 1 aromatic rings. The highest BCUT2D eigenvalue weighted by molar-refractivity contribution is 6.19. The maximum Gasteiger partial charge on any atom is 0.129 e. The second-order valence-corrected chi connectivity index (χ2v) is 4.51. The molecule has 0 unspecified atom stereocenters. The average Bonchev–Trinajstić information content (AvgIpc) is 2.24. The van der Waals surface area contributed by atoms with E-state index in [1.165, 1.54) is 5.56 Å². The van der Waals surface area contributed by atoms with E-state index < -0.39 is 0 Å². The van der Waals surface area contributed by atoms with Crippen LogP contribution in [0.15, 0.2) is 30.3 Å². The fourth-order valence-electron chi connectivity index (χ4n) is 1.99. The Balaban J connectivity index is 1.88. The molecule has 1 aliphatic rings. The summed E-state index contributed by atoms with van der Waals surface area (Å²) in [6.07, 6.45) is 1.00. The molecule has 3 heteroatoms. The number of hydrogen-bond acceptors (Lipinski definition) is 2. The third-order valence-electron chi connectivity index (χ3n) is 2.84. The lowest BCUT2D eigenvalue weighted by molar-refractivity contribution is -0.124. The zero-order valence-corrected chi connectivity index (χ0v) is 9.28. The molecule has 0 N–H and O–H groups in total. The van der Waals surface area contributed by atoms with E-state index >= 15 is 0 Å². The molecule has 1 saturated heterocycles. The third kappa shape index (κ3) is 2.21. The molecule has 0 atom stereocenters. The van der Waals surface area contributed by atoms with Gasteiger partial charge in [-0.3, -0.25) is 4.90 Å². The Morgan fingerprint density at radius 3 is 2.53 bits per heavy atom. The molecule has 0 radical (unpaired) electrons. The van der Waals surface area contributed by atoms with Gasteiger partial charge in [-0.05, 0) is 5.56 Å². The number of carbonyl (C=O) groups excluding carboxylic acids is 1. The van der Waals surface area contributed by atoms with E-state index in [2.05, 4.69) is 17.0 Å². The maximum absolute atomic E-state index is 10.8. The minimum absolute atomic E-state index is 0.281. The summed E-state index contributed by atoms with van der Waals surface area (Å²) in [6, 6.07) is 10.3. The first-order valence-corrected chi connectivity index (χ1v) is 5.60. The van der Waals surface area contributed by atoms with Gasteiger partial charge in [0.25, 0.3) is 0 Å². The Hall–Kier alpha value is -0.860. The third-order valence-corrected chi connectivity index (χ3v) is 3.37. The van der Waals surface area contributed by atoms with Crippen molar-refractivity contribution in [2.75, 3.05) is 19.0 Å². The first kappa shape index (κ1) is 10.7. The number of aldehydes is 1. The number of rotatable bonds is 4. The van der Waals surface area contributed by atoms with E-state index in [1.807, 2.05) is 18.2 Å². The van der Waals surface area contributed by atoms with Gasteiger partial charge in [0.15, 0.2) is 0 Å². The first-order valence-electron chi connectivity index (χ1n) is 5.07. The summed E-state index contributed by atoms with van der Waals surface area (Å²) in [5, 5.41) is 0. The summed E-state index contributed by atoms with van der Waals surface area (Å²) in [5.74, 6) is 0.432. The normalized spacial score (nSPS) is 19.5. The van der Waals surface area contributed by atoms with Gasteiger partial charge in [-0.25, -0.2) is 0 Å². The van der Waals surface area contributed by atoms with Crippen molar-refractivity contribution in [3.63, 3.8) is 0 Å². The molecule has 2 rings (SSSR count). The predicted molar refractivity (Wildman–Crippen MR) is 60.9 cm³/mol. The number of likely N-dealkylation sites (tertiary alicyclic amines) is 1. The lowest BCUT2D eigenvalue weighted by Crippen LogP contribution is -2.57. The number of benzene rings is 1. The lowest BCUT2D eigenvalue weighted by atomic mass is 9.83. The molecule has 2 nitrogen and oxygen atoms in total. The van der Waals surface area contributed by atoms with Crippen LogP contribution in [0.25, 0.3) is 0 Å². The van der Waals surface area contributed by atoms with Crippen molar-refractivity contribution in [2.24, 2.45) is 5.41 Å². The lowest BCUT2D eigenvalue weighted by Gasteiger charge is -2.45. The van der Waals surface area contributed by atoms with Crippen LogP contribution in [0, 0.1) is 5.41 Å². The van der Waals surface area contributed by atoms with Gasteiger partial charge in [0, 0.05) is 25.5 Å². The SMILES string of the molecule is O=CC1(CCl)CN(Cc2ccccc2)C1. The number of alkyl halides is 1. The largest absolute Gasteiger partial charge is 0.303 e. The van der Waals surface area contributed by atoms with Crippen LogP contribution in [0.3, 0.4) is 0 Å². The van der Waals surface area contributed by atoms with Crippen molar-refractivity contribution < 1.29 is 4.79 Å². The molecule has 1 aliphatic heterocycles. The highest BCUT2D eigenvalue weighted by Gasteiger charge is 2.41. The zero-order chi connectivity index (χ0) is 10.7. The van der Waals surface area contributed by atoms with E-state index in [9.17, 15) is 4.79 Å². The van der Waals surface area contributed by atoms with E-state index in [-0.39, 0.29) is 5.41 Å². The topological polar surface area (TPSA) is 20.3 Å². The van der Waals surface area contributed by atoms with Crippen LogP contribution in [-0.4, -0.2) is 30.2 Å². The van der Waals surface area contributed by atoms with Gasteiger partial charge in [-0.15, -0.1) is 11.6 Å². The molecule has 15 heavy (non-hydrogen) atoms. The quantitative estimate of drug-likeness (QED) is 0.574. The van der Waals surface area contributed by atoms with Crippen LogP contribution in [0.1, 0.15) is 5.56 Å². The summed E-state index contributed by atoms with van der Waals surface area (Å²) in [7, 11) is 0. The Bertz CT molecular complexity index is 333. The Morgan fingerprint density at radius 2 is 2.00 bits per heavy atom. The van der Waals surface area contributed by atoms with Crippen LogP contribution in [0.5, 0.6) is 0 Å². The van der Waals surface area contributed by atoms with Crippen LogP contribution < -0.4 is 0 Å². The van der Waals surface area contributed by atoms with Crippen molar-refractivity contribution >= 4 is 17.9 Å². The van der Waals surface area contributed by atoms with Crippen molar-refractivity contribution in [2.45, 2.75) is 6.54 Å². The molecule has 1 heterocycles. The van der Waals surface area contributed by atoms with Gasteiger partial charge >= 0.3 is 0 Å². The Labute approximate surface area is 94.8 Å². The van der Waals surface area contributed by atoms with Gasteiger partial charge < -0.3 is 4.79 Å². The smallest absolute Gasteiger partial charge is 0.129 e. The molecule has 0 aliphatic carbocycles. The molecule has 0 amide bonds. The molecule has 1 fully saturated rings. The molecule has 80 valence electrons. The van der Waals surface area contributed by atoms with Crippen molar-refractivity contribution in [1.29, 1.82) is 0 Å². The van der Waals surface area contributed by atoms with E-state index in [0.29, 0.717) is 5.88 Å². The highest BCUT2D eigenvalue weighted by atomic mass is 35.5. The van der Waals surface area contributed by atoms with Gasteiger partial charge in [0.2, 0.25) is 0 Å². The summed E-state index contributed by atoms with van der Waals surface area (Å²) >= 11 is 5.77. The minimum Gasteiger partial charge on any atom is -0.303 e. The second kappa shape index (κ2) is 4.33. The van der Waals surface area contributed by atoms with Crippen molar-refractivity contribution in [3.8, 4) is 0 Å². The predicted octanol–water partition coefficient (Wildman–Crippen LogP) is 1.93. The summed E-state index contributed by atoms with van der Waals surface area (Å²) in [5.41, 5.74) is 1.00. The average molecular weight is 224 g/mol. The fourth-order valence-corrected chi connectivity index (χ4v) is 2.22. The van der Waals surface area contributed by atoms with Gasteiger partial charge in [-0.1, -0.05) is 30.3 Å². The number of halogens is 1. The van der Waals surface area contributed by atoms with Gasteiger partial charge in [0.05, 0.1) is 5.41 Å². The van der Waals surface area contributed by atoms with Crippen molar-refractivity contribution in [1.82, 2.24) is 4.90 Å². The second-order valence-electron chi connectivity index (χ2n) is 4.24. The van der Waals surface area contributed by atoms with Gasteiger partial charge in [0.1, 0.15) is 6.29 Å². The van der Waals surface area contributed by atoms with E-state index in [0.717, 1.165) is 25.9 Å². The van der Waals surface area contributed by atoms with Crippen LogP contribution in [0.2, 0.25) is 0 Å². The van der Waals surface area contributed by atoms with Crippen LogP contribution in [0.4, 0.5) is 0 Å². The molecule has 0 spiro atoms. The van der Waals surface area contributed by atoms with Crippen molar-refractivity contribution in [3.05, 3.63) is 35.9 Å². The number of hydrogen-bond donors (Lipinski definition) is 0. The summed E-state index contributed by atoms with van der Waals surface area (Å²) in [6.45, 7) is 2.48. The van der Waals surface area contributed by atoms with E-state index in [1.54, 1.807) is 0 Å². The number of nitrogens with zero attached hydrogens (tertiary/aromatic N) is 1. The molecule has 0 aromatic heterocycles. The van der Waals surface area contributed by atoms with Crippen LogP contribution >= 0.6 is 11.6 Å². The standard InChI is InChI=1S/C12H14ClNO/c13-7-12(10-15)8-14(9-12)6-11-4-2-1-3-5-11/h1-5,10H,6-9H2. The first-order chi connectivity index (χ1) is 7.28. The zero-order valence-electron chi connectivity index (χ0n) is 8.53. The molecule has 0 bridgehead atoms. The molecular weight excluding hydrogens is 210 g/mol. The number of carbonyl (C=O) groups is 1. The molecule has 0 saturated carbocycles. The van der Waals surface area contributed by atoms with Gasteiger partial charge in [-0.2, -0.15) is 0 Å². The molecule has 1 aromatic carbocycles.